The zero-order valence-corrected chi connectivity index (χ0v) is 14.5. The minimum absolute atomic E-state index is 0.162. The summed E-state index contributed by atoms with van der Waals surface area (Å²) in [4.78, 5) is 6.24. The van der Waals surface area contributed by atoms with Crippen LogP contribution in [0.15, 0.2) is 36.8 Å². The van der Waals surface area contributed by atoms with E-state index >= 15 is 0 Å². The maximum Gasteiger partial charge on any atom is 0.167 e. The van der Waals surface area contributed by atoms with E-state index in [0.717, 1.165) is 11.1 Å². The molecule has 1 fully saturated rings. The quantitative estimate of drug-likeness (QED) is 0.766. The van der Waals surface area contributed by atoms with Crippen molar-refractivity contribution in [3.8, 4) is 11.5 Å². The Bertz CT molecular complexity index is 945. The average Bonchev–Trinajstić information content (AvgIpc) is 3.19. The van der Waals surface area contributed by atoms with Gasteiger partial charge in [0.05, 0.1) is 31.6 Å². The molecule has 2 atom stereocenters. The van der Waals surface area contributed by atoms with Gasteiger partial charge in [-0.2, -0.15) is 5.10 Å². The number of β-amino-alcohol motifs (C(OH)–C–C–N with tert-alkyl or cyclic N) is 1. The zero-order valence-electron chi connectivity index (χ0n) is 14.5. The lowest BCUT2D eigenvalue weighted by atomic mass is 10.1. The number of anilines is 1. The molecule has 26 heavy (non-hydrogen) atoms. The van der Waals surface area contributed by atoms with Crippen molar-refractivity contribution in [2.45, 2.75) is 12.2 Å². The van der Waals surface area contributed by atoms with Gasteiger partial charge in [-0.25, -0.2) is 4.39 Å². The first-order valence-electron chi connectivity index (χ1n) is 8.25. The third-order valence-electron chi connectivity index (χ3n) is 4.54. The Balaban J connectivity index is 1.63. The number of fused-ring (bicyclic) bond motifs is 1. The van der Waals surface area contributed by atoms with Crippen LogP contribution in [0, 0.1) is 5.82 Å². The van der Waals surface area contributed by atoms with Gasteiger partial charge in [0, 0.05) is 36.9 Å². The van der Waals surface area contributed by atoms with Gasteiger partial charge in [-0.3, -0.25) is 9.67 Å². The predicted molar refractivity (Wildman–Crippen MR) is 94.1 cm³/mol. The van der Waals surface area contributed by atoms with E-state index in [0.29, 0.717) is 24.4 Å². The van der Waals surface area contributed by atoms with Gasteiger partial charge in [0.15, 0.2) is 17.3 Å². The molecule has 0 bridgehead atoms. The Morgan fingerprint density at radius 1 is 1.31 bits per heavy atom. The van der Waals surface area contributed by atoms with E-state index in [1.54, 1.807) is 36.4 Å². The number of aromatic nitrogens is 3. The maximum absolute atomic E-state index is 14.0. The van der Waals surface area contributed by atoms with Crippen molar-refractivity contribution in [3.05, 3.63) is 42.6 Å². The van der Waals surface area contributed by atoms with Crippen LogP contribution in [0.3, 0.4) is 0 Å². The number of benzene rings is 1. The SMILES string of the molecule is COc1cc2c(N3C[C@@H](O)[C@H](Oc4cnn(C)c4)C3)ccnc2cc1F. The molecule has 1 saturated heterocycles. The van der Waals surface area contributed by atoms with Crippen LogP contribution in [0.2, 0.25) is 0 Å². The first-order chi connectivity index (χ1) is 12.5. The summed E-state index contributed by atoms with van der Waals surface area (Å²) < 4.78 is 26.5. The molecule has 7 nitrogen and oxygen atoms in total. The van der Waals surface area contributed by atoms with E-state index in [4.69, 9.17) is 9.47 Å². The van der Waals surface area contributed by atoms with Gasteiger partial charge in [0.25, 0.3) is 0 Å². The summed E-state index contributed by atoms with van der Waals surface area (Å²) in [7, 11) is 3.23. The van der Waals surface area contributed by atoms with E-state index in [-0.39, 0.29) is 11.9 Å². The molecule has 0 spiro atoms. The molecule has 1 aliphatic rings. The number of aryl methyl sites for hydroxylation is 1. The molecule has 0 radical (unpaired) electrons. The first kappa shape index (κ1) is 16.6. The van der Waals surface area contributed by atoms with Gasteiger partial charge in [0.1, 0.15) is 12.2 Å². The third-order valence-corrected chi connectivity index (χ3v) is 4.54. The summed E-state index contributed by atoms with van der Waals surface area (Å²) in [6.45, 7) is 0.901. The highest BCUT2D eigenvalue weighted by molar-refractivity contribution is 5.92. The van der Waals surface area contributed by atoms with Crippen LogP contribution in [0.1, 0.15) is 0 Å². The number of hydrogen-bond acceptors (Lipinski definition) is 6. The fourth-order valence-corrected chi connectivity index (χ4v) is 3.27. The van der Waals surface area contributed by atoms with Gasteiger partial charge in [-0.05, 0) is 12.1 Å². The normalized spacial score (nSPS) is 19.9. The number of ether oxygens (including phenoxy) is 2. The van der Waals surface area contributed by atoms with Gasteiger partial charge >= 0.3 is 0 Å². The van der Waals surface area contributed by atoms with Crippen LogP contribution in [0.5, 0.6) is 11.5 Å². The summed E-state index contributed by atoms with van der Waals surface area (Å²) in [6, 6.07) is 4.83. The van der Waals surface area contributed by atoms with Gasteiger partial charge in [0.2, 0.25) is 0 Å². The standard InChI is InChI=1S/C18H19FN4O3/c1-22-8-11(7-21-22)26-18-10-23(9-16(18)24)15-3-4-20-14-6-13(19)17(25-2)5-12(14)15/h3-8,16,18,24H,9-10H2,1-2H3/t16-,18-/m1/s1. The lowest BCUT2D eigenvalue weighted by molar-refractivity contribution is 0.0737. The molecule has 136 valence electrons. The van der Waals surface area contributed by atoms with E-state index in [9.17, 15) is 9.50 Å². The number of rotatable bonds is 4. The van der Waals surface area contributed by atoms with E-state index < -0.39 is 11.9 Å². The molecular weight excluding hydrogens is 339 g/mol. The largest absolute Gasteiger partial charge is 0.494 e. The number of hydrogen-bond donors (Lipinski definition) is 1. The minimum atomic E-state index is -0.652. The van der Waals surface area contributed by atoms with Crippen LogP contribution in [-0.4, -0.2) is 52.3 Å². The van der Waals surface area contributed by atoms with Crippen molar-refractivity contribution < 1.29 is 19.0 Å². The number of aliphatic hydroxyl groups excluding tert-OH is 1. The molecule has 0 unspecified atom stereocenters. The Hall–Kier alpha value is -2.87. The van der Waals surface area contributed by atoms with E-state index in [1.165, 1.54) is 13.2 Å². The summed E-state index contributed by atoms with van der Waals surface area (Å²) in [6.07, 6.45) is 3.96. The van der Waals surface area contributed by atoms with Crippen molar-refractivity contribution in [2.24, 2.45) is 7.05 Å². The second-order valence-electron chi connectivity index (χ2n) is 6.31. The van der Waals surface area contributed by atoms with Crippen LogP contribution >= 0.6 is 0 Å². The lowest BCUT2D eigenvalue weighted by Crippen LogP contribution is -2.29. The fraction of sp³-hybridized carbons (Fsp3) is 0.333. The van der Waals surface area contributed by atoms with Crippen molar-refractivity contribution in [3.63, 3.8) is 0 Å². The molecule has 0 aliphatic carbocycles. The summed E-state index contributed by atoms with van der Waals surface area (Å²) in [5, 5.41) is 15.2. The number of pyridine rings is 1. The molecule has 1 aliphatic heterocycles. The van der Waals surface area contributed by atoms with Crippen molar-refractivity contribution >= 4 is 16.6 Å². The first-order valence-corrected chi connectivity index (χ1v) is 8.25. The van der Waals surface area contributed by atoms with Crippen molar-refractivity contribution in [1.29, 1.82) is 0 Å². The Morgan fingerprint density at radius 3 is 2.88 bits per heavy atom. The minimum Gasteiger partial charge on any atom is -0.494 e. The fourth-order valence-electron chi connectivity index (χ4n) is 3.27. The van der Waals surface area contributed by atoms with Crippen molar-refractivity contribution in [2.75, 3.05) is 25.1 Å². The summed E-state index contributed by atoms with van der Waals surface area (Å²) >= 11 is 0. The molecule has 1 N–H and O–H groups in total. The Morgan fingerprint density at radius 2 is 2.15 bits per heavy atom. The van der Waals surface area contributed by atoms with Crippen molar-refractivity contribution in [1.82, 2.24) is 14.8 Å². The summed E-state index contributed by atoms with van der Waals surface area (Å²) in [5.41, 5.74) is 1.39. The van der Waals surface area contributed by atoms with E-state index in [1.807, 2.05) is 11.0 Å². The van der Waals surface area contributed by atoms with Crippen LogP contribution in [0.25, 0.3) is 10.9 Å². The highest BCUT2D eigenvalue weighted by Gasteiger charge is 2.34. The number of aliphatic hydroxyl groups is 1. The third kappa shape index (κ3) is 2.92. The monoisotopic (exact) mass is 358 g/mol. The molecule has 1 aromatic carbocycles. The molecule has 3 aromatic rings. The van der Waals surface area contributed by atoms with E-state index in [2.05, 4.69) is 10.1 Å². The maximum atomic E-state index is 14.0. The van der Waals surface area contributed by atoms with Crippen LogP contribution < -0.4 is 14.4 Å². The number of methoxy groups -OCH3 is 1. The lowest BCUT2D eigenvalue weighted by Gasteiger charge is -2.20. The molecule has 8 heteroatoms. The number of nitrogens with zero attached hydrogens (tertiary/aromatic N) is 4. The second-order valence-corrected chi connectivity index (χ2v) is 6.31. The molecule has 4 rings (SSSR count). The van der Waals surface area contributed by atoms with Gasteiger partial charge < -0.3 is 19.5 Å². The Kier molecular flexibility index (Phi) is 4.12. The second kappa shape index (κ2) is 6.45. The molecule has 0 amide bonds. The molecule has 0 saturated carbocycles. The number of halogens is 1. The Labute approximate surface area is 149 Å². The topological polar surface area (TPSA) is 72.6 Å². The smallest absolute Gasteiger partial charge is 0.167 e. The van der Waals surface area contributed by atoms with Crippen LogP contribution in [-0.2, 0) is 7.05 Å². The van der Waals surface area contributed by atoms with Gasteiger partial charge in [-0.15, -0.1) is 0 Å². The molecule has 2 aromatic heterocycles. The van der Waals surface area contributed by atoms with Crippen LogP contribution in [0.4, 0.5) is 10.1 Å². The zero-order chi connectivity index (χ0) is 18.3. The highest BCUT2D eigenvalue weighted by atomic mass is 19.1. The molecule has 3 heterocycles. The predicted octanol–water partition coefficient (Wildman–Crippen LogP) is 1.74. The average molecular weight is 358 g/mol. The summed E-state index contributed by atoms with van der Waals surface area (Å²) in [5.74, 6) is 0.320. The highest BCUT2D eigenvalue weighted by Crippen LogP contribution is 2.33. The van der Waals surface area contributed by atoms with Gasteiger partial charge in [-0.1, -0.05) is 0 Å². The molecular formula is C18H19FN4O3.